The van der Waals surface area contributed by atoms with E-state index < -0.39 is 24.3 Å². The van der Waals surface area contributed by atoms with Crippen LogP contribution in [-0.4, -0.2) is 35.0 Å². The number of carboxylic acids is 1. The van der Waals surface area contributed by atoms with E-state index in [1.165, 1.54) is 23.5 Å². The summed E-state index contributed by atoms with van der Waals surface area (Å²) in [5, 5.41) is 11.0. The van der Waals surface area contributed by atoms with Crippen LogP contribution in [0.2, 0.25) is 0 Å². The molecule has 5 nitrogen and oxygen atoms in total. The molecule has 1 aliphatic heterocycles. The summed E-state index contributed by atoms with van der Waals surface area (Å²) in [4.78, 5) is 25.6. The Bertz CT molecular complexity index is 903. The number of amides is 1. The van der Waals surface area contributed by atoms with Gasteiger partial charge in [-0.2, -0.15) is 0 Å². The lowest BCUT2D eigenvalue weighted by molar-refractivity contribution is -0.136. The number of carbonyl (C=O) groups excluding carboxylic acids is 1. The molecule has 144 valence electrons. The highest BCUT2D eigenvalue weighted by molar-refractivity contribution is 7.10. The normalized spacial score (nSPS) is 19.6. The van der Waals surface area contributed by atoms with E-state index in [0.717, 1.165) is 11.3 Å². The maximum atomic E-state index is 13.0. The highest BCUT2D eigenvalue weighted by Gasteiger charge is 2.41. The van der Waals surface area contributed by atoms with Crippen molar-refractivity contribution in [2.75, 3.05) is 7.11 Å². The van der Waals surface area contributed by atoms with Gasteiger partial charge in [0.25, 0.3) is 12.3 Å². The molecule has 0 radical (unpaired) electrons. The van der Waals surface area contributed by atoms with Crippen LogP contribution in [0.15, 0.2) is 45.2 Å². The van der Waals surface area contributed by atoms with Gasteiger partial charge in [-0.25, -0.2) is 8.78 Å². The smallest absolute Gasteiger partial charge is 0.307 e. The number of aliphatic carboxylic acids is 1. The van der Waals surface area contributed by atoms with Crippen molar-refractivity contribution in [1.29, 1.82) is 0 Å². The molecular weight excluding hydrogens is 400 g/mol. The molecule has 27 heavy (non-hydrogen) atoms. The van der Waals surface area contributed by atoms with Gasteiger partial charge in [0.1, 0.15) is 5.76 Å². The molecule has 1 aromatic rings. The number of hydrogen-bond acceptors (Lipinski definition) is 4. The van der Waals surface area contributed by atoms with Crippen molar-refractivity contribution in [3.8, 4) is 0 Å². The zero-order valence-electron chi connectivity index (χ0n) is 14.5. The summed E-state index contributed by atoms with van der Waals surface area (Å²) in [7, 11) is 1.46. The summed E-state index contributed by atoms with van der Waals surface area (Å²) >= 11 is 7.07. The number of thiophene rings is 1. The molecule has 0 fully saturated rings. The number of carbonyl (C=O) groups is 2. The summed E-state index contributed by atoms with van der Waals surface area (Å²) in [6.07, 6.45) is -1.02. The maximum Gasteiger partial charge on any atom is 0.307 e. The van der Waals surface area contributed by atoms with Gasteiger partial charge in [0.15, 0.2) is 0 Å². The minimum Gasteiger partial charge on any atom is -0.496 e. The van der Waals surface area contributed by atoms with Crippen LogP contribution in [0.1, 0.15) is 41.4 Å². The number of rotatable bonds is 5. The second-order valence-corrected chi connectivity index (χ2v) is 7.54. The third-order valence-corrected chi connectivity index (χ3v) is 5.87. The SMILES string of the molecule is COC1=C(Cl)CC2C(=C1)C(CC(=O)O)=C(C)N2C(=O)c1csc(C(F)F)c1. The molecule has 1 amide bonds. The molecule has 0 aromatic carbocycles. The van der Waals surface area contributed by atoms with Gasteiger partial charge in [-0.15, -0.1) is 11.3 Å². The summed E-state index contributed by atoms with van der Waals surface area (Å²) in [5.41, 5.74) is 1.77. The highest BCUT2D eigenvalue weighted by atomic mass is 35.5. The van der Waals surface area contributed by atoms with Crippen LogP contribution in [0.5, 0.6) is 0 Å². The zero-order chi connectivity index (χ0) is 19.9. The Hall–Kier alpha value is -2.19. The lowest BCUT2D eigenvalue weighted by Crippen LogP contribution is -2.37. The van der Waals surface area contributed by atoms with Crippen molar-refractivity contribution in [2.45, 2.75) is 32.2 Å². The predicted octanol–water partition coefficient (Wildman–Crippen LogP) is 4.69. The molecule has 3 rings (SSSR count). The van der Waals surface area contributed by atoms with Crippen LogP contribution in [0.25, 0.3) is 0 Å². The fourth-order valence-corrected chi connectivity index (χ4v) is 4.37. The van der Waals surface area contributed by atoms with Crippen LogP contribution >= 0.6 is 22.9 Å². The fraction of sp³-hybridized carbons (Fsp3) is 0.333. The Kier molecular flexibility index (Phi) is 5.39. The predicted molar refractivity (Wildman–Crippen MR) is 96.8 cm³/mol. The van der Waals surface area contributed by atoms with Crippen LogP contribution in [0.3, 0.4) is 0 Å². The number of halogens is 3. The van der Waals surface area contributed by atoms with Gasteiger partial charge >= 0.3 is 5.97 Å². The van der Waals surface area contributed by atoms with Crippen molar-refractivity contribution in [3.63, 3.8) is 0 Å². The number of methoxy groups -OCH3 is 1. The molecule has 1 atom stereocenters. The van der Waals surface area contributed by atoms with Gasteiger partial charge in [0.2, 0.25) is 0 Å². The Morgan fingerprint density at radius 3 is 2.74 bits per heavy atom. The highest BCUT2D eigenvalue weighted by Crippen LogP contribution is 2.44. The van der Waals surface area contributed by atoms with Crippen LogP contribution in [-0.2, 0) is 9.53 Å². The van der Waals surface area contributed by atoms with Gasteiger partial charge in [-0.1, -0.05) is 11.6 Å². The van der Waals surface area contributed by atoms with E-state index in [4.69, 9.17) is 16.3 Å². The molecule has 0 spiro atoms. The van der Waals surface area contributed by atoms with Crippen LogP contribution < -0.4 is 0 Å². The van der Waals surface area contributed by atoms with E-state index >= 15 is 0 Å². The van der Waals surface area contributed by atoms with E-state index in [0.29, 0.717) is 27.6 Å². The number of alkyl halides is 2. The van der Waals surface area contributed by atoms with Crippen molar-refractivity contribution < 1.29 is 28.2 Å². The van der Waals surface area contributed by atoms with Crippen LogP contribution in [0, 0.1) is 0 Å². The maximum absolute atomic E-state index is 13.0. The first-order valence-electron chi connectivity index (χ1n) is 8.00. The number of hydrogen-bond donors (Lipinski definition) is 1. The molecule has 1 N–H and O–H groups in total. The molecule has 2 aliphatic rings. The second kappa shape index (κ2) is 7.44. The average molecular weight is 416 g/mol. The lowest BCUT2D eigenvalue weighted by atomic mass is 9.92. The topological polar surface area (TPSA) is 66.8 Å². The number of allylic oxidation sites excluding steroid dienone is 2. The van der Waals surface area contributed by atoms with Gasteiger partial charge in [-0.05, 0) is 30.2 Å². The van der Waals surface area contributed by atoms with E-state index in [-0.39, 0.29) is 23.3 Å². The lowest BCUT2D eigenvalue weighted by Gasteiger charge is -2.29. The van der Waals surface area contributed by atoms with E-state index in [2.05, 4.69) is 0 Å². The Morgan fingerprint density at radius 2 is 2.19 bits per heavy atom. The third-order valence-electron chi connectivity index (χ3n) is 4.59. The van der Waals surface area contributed by atoms with Gasteiger partial charge in [0.05, 0.1) is 35.0 Å². The molecule has 1 aromatic heterocycles. The fourth-order valence-electron chi connectivity index (χ4n) is 3.37. The van der Waals surface area contributed by atoms with E-state index in [1.807, 2.05) is 0 Å². The first kappa shape index (κ1) is 19.6. The van der Waals surface area contributed by atoms with Gasteiger partial charge < -0.3 is 14.7 Å². The minimum absolute atomic E-state index is 0.142. The van der Waals surface area contributed by atoms with Gasteiger partial charge in [0, 0.05) is 17.5 Å². The number of carboxylic acid groups (broad SMARTS) is 1. The number of fused-ring (bicyclic) bond motifs is 1. The van der Waals surface area contributed by atoms with Crippen molar-refractivity contribution in [1.82, 2.24) is 4.90 Å². The molecule has 1 unspecified atom stereocenters. The number of ether oxygens (including phenoxy) is 1. The Balaban J connectivity index is 2.03. The average Bonchev–Trinajstić information content (AvgIpc) is 3.18. The number of nitrogens with zero attached hydrogens (tertiary/aromatic N) is 1. The second-order valence-electron chi connectivity index (χ2n) is 6.14. The molecule has 0 bridgehead atoms. The zero-order valence-corrected chi connectivity index (χ0v) is 16.0. The quantitative estimate of drug-likeness (QED) is 0.757. The minimum atomic E-state index is -2.65. The molecule has 0 saturated heterocycles. The van der Waals surface area contributed by atoms with Crippen molar-refractivity contribution in [2.24, 2.45) is 0 Å². The molecular formula is C18H16ClF2NO4S. The molecule has 0 saturated carbocycles. The van der Waals surface area contributed by atoms with E-state index in [1.54, 1.807) is 13.0 Å². The Labute approximate surface area is 163 Å². The molecule has 2 heterocycles. The first-order valence-corrected chi connectivity index (χ1v) is 9.26. The summed E-state index contributed by atoms with van der Waals surface area (Å²) in [6, 6.07) is 0.679. The van der Waals surface area contributed by atoms with Crippen LogP contribution in [0.4, 0.5) is 8.78 Å². The van der Waals surface area contributed by atoms with E-state index in [9.17, 15) is 23.5 Å². The van der Waals surface area contributed by atoms with Gasteiger partial charge in [-0.3, -0.25) is 9.59 Å². The van der Waals surface area contributed by atoms with Crippen molar-refractivity contribution in [3.05, 3.63) is 55.6 Å². The summed E-state index contributed by atoms with van der Waals surface area (Å²) in [5.74, 6) is -1.07. The first-order chi connectivity index (χ1) is 12.7. The molecule has 1 aliphatic carbocycles. The van der Waals surface area contributed by atoms with Crippen molar-refractivity contribution >= 4 is 34.8 Å². The molecule has 9 heteroatoms. The standard InChI is InChI=1S/C18H16ClF2NO4S/c1-8-10(5-16(23)24)11-4-14(26-2)12(19)6-13(11)22(8)18(25)9-3-15(17(20)21)27-7-9/h3-4,7,13,17H,5-6H2,1-2H3,(H,23,24). The Morgan fingerprint density at radius 1 is 1.48 bits per heavy atom. The largest absolute Gasteiger partial charge is 0.496 e. The third kappa shape index (κ3) is 3.51. The summed E-state index contributed by atoms with van der Waals surface area (Å²) < 4.78 is 31.0. The monoisotopic (exact) mass is 415 g/mol. The summed E-state index contributed by atoms with van der Waals surface area (Å²) in [6.45, 7) is 1.65.